The molecular formula is C45H79N2O6P. The smallest absolute Gasteiger partial charge is 0.268 e. The van der Waals surface area contributed by atoms with Gasteiger partial charge < -0.3 is 28.8 Å². The van der Waals surface area contributed by atoms with E-state index in [1.807, 2.05) is 21.1 Å². The van der Waals surface area contributed by atoms with E-state index in [1.54, 1.807) is 0 Å². The van der Waals surface area contributed by atoms with Gasteiger partial charge in [-0.1, -0.05) is 150 Å². The number of quaternary nitrogens is 1. The van der Waals surface area contributed by atoms with Gasteiger partial charge in [0.1, 0.15) is 13.2 Å². The first-order valence-corrected chi connectivity index (χ1v) is 22.4. The Hall–Kier alpha value is -2.32. The van der Waals surface area contributed by atoms with E-state index in [9.17, 15) is 19.4 Å². The lowest BCUT2D eigenvalue weighted by Gasteiger charge is -2.30. The molecule has 0 bridgehead atoms. The molecule has 3 atom stereocenters. The number of phosphoric acid groups is 1. The Labute approximate surface area is 331 Å². The lowest BCUT2D eigenvalue weighted by Crippen LogP contribution is -2.46. The summed E-state index contributed by atoms with van der Waals surface area (Å²) in [5.74, 6) is -0.194. The van der Waals surface area contributed by atoms with E-state index in [2.05, 4.69) is 104 Å². The van der Waals surface area contributed by atoms with Gasteiger partial charge in [-0.2, -0.15) is 0 Å². The van der Waals surface area contributed by atoms with Crippen LogP contribution in [0.15, 0.2) is 85.1 Å². The fourth-order valence-corrected chi connectivity index (χ4v) is 6.03. The van der Waals surface area contributed by atoms with E-state index in [0.717, 1.165) is 96.3 Å². The maximum Gasteiger partial charge on any atom is 0.268 e. The maximum absolute atomic E-state index is 12.7. The lowest BCUT2D eigenvalue weighted by molar-refractivity contribution is -0.870. The van der Waals surface area contributed by atoms with E-state index in [1.165, 1.54) is 19.3 Å². The number of nitrogens with zero attached hydrogens (tertiary/aromatic N) is 1. The van der Waals surface area contributed by atoms with Gasteiger partial charge in [0.15, 0.2) is 0 Å². The predicted molar refractivity (Wildman–Crippen MR) is 228 cm³/mol. The van der Waals surface area contributed by atoms with Crippen LogP contribution < -0.4 is 10.2 Å². The molecular weight excluding hydrogens is 695 g/mol. The number of unbranched alkanes of at least 4 members (excludes halogenated alkanes) is 9. The Bertz CT molecular complexity index is 1150. The number of carbonyl (C=O) groups is 1. The van der Waals surface area contributed by atoms with Gasteiger partial charge in [0.2, 0.25) is 5.91 Å². The first kappa shape index (κ1) is 51.7. The summed E-state index contributed by atoms with van der Waals surface area (Å²) in [7, 11) is 1.27. The van der Waals surface area contributed by atoms with Gasteiger partial charge in [-0.25, -0.2) is 0 Å². The molecule has 0 aliphatic heterocycles. The molecule has 0 aromatic rings. The summed E-state index contributed by atoms with van der Waals surface area (Å²) in [6.45, 7) is 4.39. The monoisotopic (exact) mass is 775 g/mol. The van der Waals surface area contributed by atoms with E-state index in [-0.39, 0.29) is 19.1 Å². The van der Waals surface area contributed by atoms with E-state index in [4.69, 9.17) is 9.05 Å². The second-order valence-electron chi connectivity index (χ2n) is 15.0. The Kier molecular flexibility index (Phi) is 34.8. The Balaban J connectivity index is 4.00. The van der Waals surface area contributed by atoms with Gasteiger partial charge in [-0.15, -0.1) is 0 Å². The quantitative estimate of drug-likeness (QED) is 0.0284. The van der Waals surface area contributed by atoms with Gasteiger partial charge in [0, 0.05) is 6.42 Å². The molecule has 0 aromatic heterocycles. The summed E-state index contributed by atoms with van der Waals surface area (Å²) in [5.41, 5.74) is 0. The second kappa shape index (κ2) is 36.3. The molecule has 310 valence electrons. The second-order valence-corrected chi connectivity index (χ2v) is 16.4. The molecule has 0 saturated carbocycles. The van der Waals surface area contributed by atoms with Crippen LogP contribution in [0.5, 0.6) is 0 Å². The third kappa shape index (κ3) is 38.0. The zero-order chi connectivity index (χ0) is 40.0. The minimum absolute atomic E-state index is 0.00311. The van der Waals surface area contributed by atoms with Crippen molar-refractivity contribution in [2.24, 2.45) is 0 Å². The first-order chi connectivity index (χ1) is 26.0. The van der Waals surface area contributed by atoms with Crippen molar-refractivity contribution in [3.8, 4) is 0 Å². The standard InChI is InChI=1S/C45H79N2O6P/c1-6-8-10-11-12-13-14-15-16-17-18-19-20-21-22-23-24-25-26-27-28-29-30-31-32-33-34-35-37-39-45(49)46-43(44(48)38-36-9-7-2)42-53-54(50,51)52-41-40-47(3,4)5/h8,10,12-13,15-16,18-19,21-22,24-25,27-28,43-44,48H,6-7,9,11,14,17,20,23,26,29-42H2,1-5H3,(H-,46,49,50,51)/b10-8-,13-12-,16-15-,19-18-,22-21-,25-24-,28-27-. The molecule has 0 rings (SSSR count). The SMILES string of the molecule is CC/C=C\C/C=C\C/C=C\C/C=C\C/C=C\C/C=C\C/C=C\CCCCCCCCCC(=O)NC(COP(=O)([O-])OCC[N+](C)(C)C)C(O)CCCCC. The van der Waals surface area contributed by atoms with Crippen LogP contribution in [-0.4, -0.2) is 68.5 Å². The Morgan fingerprint density at radius 2 is 1.13 bits per heavy atom. The molecule has 54 heavy (non-hydrogen) atoms. The van der Waals surface area contributed by atoms with Gasteiger partial charge in [0.25, 0.3) is 7.82 Å². The minimum Gasteiger partial charge on any atom is -0.756 e. The minimum atomic E-state index is -4.55. The highest BCUT2D eigenvalue weighted by Gasteiger charge is 2.24. The summed E-state index contributed by atoms with van der Waals surface area (Å²) >= 11 is 0. The molecule has 0 aliphatic rings. The van der Waals surface area contributed by atoms with Crippen LogP contribution in [0.1, 0.15) is 142 Å². The van der Waals surface area contributed by atoms with E-state index < -0.39 is 20.0 Å². The largest absolute Gasteiger partial charge is 0.756 e. The molecule has 0 aliphatic carbocycles. The lowest BCUT2D eigenvalue weighted by atomic mass is 10.0. The molecule has 0 aromatic carbocycles. The van der Waals surface area contributed by atoms with Gasteiger partial charge in [-0.05, 0) is 70.6 Å². The van der Waals surface area contributed by atoms with Crippen LogP contribution in [0.3, 0.4) is 0 Å². The van der Waals surface area contributed by atoms with E-state index in [0.29, 0.717) is 23.9 Å². The zero-order valence-corrected chi connectivity index (χ0v) is 35.8. The molecule has 0 radical (unpaired) electrons. The number of nitrogens with one attached hydrogen (secondary N) is 1. The number of phosphoric ester groups is 1. The molecule has 0 fully saturated rings. The summed E-state index contributed by atoms with van der Waals surface area (Å²) in [5, 5.41) is 13.5. The zero-order valence-electron chi connectivity index (χ0n) is 34.9. The van der Waals surface area contributed by atoms with Crippen LogP contribution in [-0.2, 0) is 18.4 Å². The molecule has 0 spiro atoms. The fraction of sp³-hybridized carbons (Fsp3) is 0.667. The first-order valence-electron chi connectivity index (χ1n) is 20.9. The number of hydrogen-bond acceptors (Lipinski definition) is 6. The van der Waals surface area contributed by atoms with Crippen molar-refractivity contribution in [3.63, 3.8) is 0 Å². The third-order valence-electron chi connectivity index (χ3n) is 8.65. The molecule has 0 saturated heterocycles. The van der Waals surface area contributed by atoms with E-state index >= 15 is 0 Å². The summed E-state index contributed by atoms with van der Waals surface area (Å²) in [6.07, 6.45) is 49.6. The van der Waals surface area contributed by atoms with Crippen molar-refractivity contribution in [1.82, 2.24) is 5.32 Å². The number of carbonyl (C=O) groups excluding carboxylic acids is 1. The third-order valence-corrected chi connectivity index (χ3v) is 9.61. The number of allylic oxidation sites excluding steroid dienone is 14. The van der Waals surface area contributed by atoms with Crippen molar-refractivity contribution in [2.45, 2.75) is 154 Å². The van der Waals surface area contributed by atoms with Crippen molar-refractivity contribution in [2.75, 3.05) is 40.9 Å². The summed E-state index contributed by atoms with van der Waals surface area (Å²) < 4.78 is 22.9. The average Bonchev–Trinajstić information content (AvgIpc) is 3.12. The number of aliphatic hydroxyl groups is 1. The normalized spacial score (nSPS) is 15.3. The van der Waals surface area contributed by atoms with Gasteiger partial charge >= 0.3 is 0 Å². The molecule has 9 heteroatoms. The number of amides is 1. The molecule has 2 N–H and O–H groups in total. The average molecular weight is 775 g/mol. The highest BCUT2D eigenvalue weighted by atomic mass is 31.2. The molecule has 3 unspecified atom stereocenters. The number of likely N-dealkylation sites (N-methyl/N-ethyl adjacent to an activating group) is 1. The fourth-order valence-electron chi connectivity index (χ4n) is 5.31. The van der Waals surface area contributed by atoms with Crippen LogP contribution in [0, 0.1) is 0 Å². The molecule has 0 heterocycles. The van der Waals surface area contributed by atoms with Crippen molar-refractivity contribution >= 4 is 13.7 Å². The topological polar surface area (TPSA) is 108 Å². The van der Waals surface area contributed by atoms with Crippen molar-refractivity contribution < 1.29 is 32.9 Å². The maximum atomic E-state index is 12.7. The van der Waals surface area contributed by atoms with Crippen LogP contribution in [0.2, 0.25) is 0 Å². The number of aliphatic hydroxyl groups excluding tert-OH is 1. The molecule has 1 amide bonds. The highest BCUT2D eigenvalue weighted by Crippen LogP contribution is 2.38. The number of hydrogen-bond donors (Lipinski definition) is 2. The summed E-state index contributed by atoms with van der Waals surface area (Å²) in [6, 6.07) is -0.807. The highest BCUT2D eigenvalue weighted by molar-refractivity contribution is 7.45. The Morgan fingerprint density at radius 3 is 1.61 bits per heavy atom. The van der Waals surface area contributed by atoms with Crippen molar-refractivity contribution in [3.05, 3.63) is 85.1 Å². The van der Waals surface area contributed by atoms with Crippen LogP contribution in [0.4, 0.5) is 0 Å². The Morgan fingerprint density at radius 1 is 0.667 bits per heavy atom. The van der Waals surface area contributed by atoms with Crippen LogP contribution in [0.25, 0.3) is 0 Å². The van der Waals surface area contributed by atoms with Crippen LogP contribution >= 0.6 is 7.82 Å². The number of rotatable bonds is 36. The predicted octanol–water partition coefficient (Wildman–Crippen LogP) is 10.8. The summed E-state index contributed by atoms with van der Waals surface area (Å²) in [4.78, 5) is 24.9. The van der Waals surface area contributed by atoms with Crippen molar-refractivity contribution in [1.29, 1.82) is 0 Å². The van der Waals surface area contributed by atoms with Gasteiger partial charge in [-0.3, -0.25) is 9.36 Å². The molecule has 8 nitrogen and oxygen atoms in total. The van der Waals surface area contributed by atoms with Gasteiger partial charge in [0.05, 0.1) is 39.9 Å².